The van der Waals surface area contributed by atoms with E-state index in [1.54, 1.807) is 38.4 Å². The predicted molar refractivity (Wildman–Crippen MR) is 102 cm³/mol. The molecule has 1 atom stereocenters. The van der Waals surface area contributed by atoms with Gasteiger partial charge < -0.3 is 4.74 Å². The summed E-state index contributed by atoms with van der Waals surface area (Å²) in [6.45, 7) is 3.56. The number of ether oxygens (including phenoxy) is 1. The number of pyridine rings is 1. The molecule has 10 heteroatoms. The Morgan fingerprint density at radius 3 is 2.59 bits per heavy atom. The van der Waals surface area contributed by atoms with E-state index < -0.39 is 23.0 Å². The molecule has 1 unspecified atom stereocenters. The Bertz CT molecular complexity index is 993. The van der Waals surface area contributed by atoms with Crippen LogP contribution in [0.5, 0.6) is 0 Å². The summed E-state index contributed by atoms with van der Waals surface area (Å²) in [5.41, 5.74) is 0.0644. The Kier molecular flexibility index (Phi) is 6.21. The molecule has 0 fully saturated rings. The maximum Gasteiger partial charge on any atom is 0.416 e. The van der Waals surface area contributed by atoms with Crippen molar-refractivity contribution in [2.45, 2.75) is 30.4 Å². The Morgan fingerprint density at radius 2 is 1.93 bits per heavy atom. The van der Waals surface area contributed by atoms with Crippen LogP contribution in [0.1, 0.15) is 19.4 Å². The molecule has 0 saturated carbocycles. The average Bonchev–Trinajstić information content (AvgIpc) is 3.11. The van der Waals surface area contributed by atoms with Crippen LogP contribution in [-0.4, -0.2) is 37.6 Å². The number of aromatic nitrogens is 4. The number of hydrogen-bond acceptors (Lipinski definition) is 6. The molecule has 0 N–H and O–H groups in total. The van der Waals surface area contributed by atoms with E-state index in [0.29, 0.717) is 11.4 Å². The van der Waals surface area contributed by atoms with E-state index in [1.165, 1.54) is 16.7 Å². The molecule has 0 aliphatic heterocycles. The van der Waals surface area contributed by atoms with Crippen molar-refractivity contribution in [3.63, 3.8) is 0 Å². The summed E-state index contributed by atoms with van der Waals surface area (Å²) in [4.78, 5) is 15.9. The van der Waals surface area contributed by atoms with E-state index in [2.05, 4.69) is 15.2 Å². The van der Waals surface area contributed by atoms with Crippen molar-refractivity contribution in [2.75, 3.05) is 6.61 Å². The Morgan fingerprint density at radius 1 is 1.21 bits per heavy atom. The van der Waals surface area contributed by atoms with Gasteiger partial charge in [-0.15, -0.1) is 10.2 Å². The number of halogens is 3. The van der Waals surface area contributed by atoms with Gasteiger partial charge in [0, 0.05) is 18.0 Å². The predicted octanol–water partition coefficient (Wildman–Crippen LogP) is 4.39. The average molecular weight is 422 g/mol. The van der Waals surface area contributed by atoms with Crippen LogP contribution in [0.2, 0.25) is 0 Å². The van der Waals surface area contributed by atoms with Gasteiger partial charge in [-0.2, -0.15) is 13.2 Å². The summed E-state index contributed by atoms with van der Waals surface area (Å²) in [6, 6.07) is 8.22. The molecule has 152 valence electrons. The van der Waals surface area contributed by atoms with Gasteiger partial charge in [-0.25, -0.2) is 0 Å². The van der Waals surface area contributed by atoms with Gasteiger partial charge in [-0.3, -0.25) is 14.3 Å². The molecular formula is C19H17F3N4O2S. The maximum absolute atomic E-state index is 13.2. The third-order valence-corrected chi connectivity index (χ3v) is 4.93. The maximum atomic E-state index is 13.2. The van der Waals surface area contributed by atoms with Gasteiger partial charge in [0.15, 0.2) is 11.0 Å². The van der Waals surface area contributed by atoms with Gasteiger partial charge in [-0.1, -0.05) is 17.8 Å². The summed E-state index contributed by atoms with van der Waals surface area (Å²) < 4.78 is 46.2. The van der Waals surface area contributed by atoms with Crippen LogP contribution in [0.25, 0.3) is 17.1 Å². The summed E-state index contributed by atoms with van der Waals surface area (Å²) in [5, 5.41) is 7.91. The van der Waals surface area contributed by atoms with E-state index in [4.69, 9.17) is 4.74 Å². The van der Waals surface area contributed by atoms with E-state index in [1.807, 2.05) is 0 Å². The number of carbonyl (C=O) groups excluding carboxylic acids is 1. The van der Waals surface area contributed by atoms with Crippen LogP contribution in [0.4, 0.5) is 13.2 Å². The van der Waals surface area contributed by atoms with E-state index in [-0.39, 0.29) is 17.5 Å². The first-order chi connectivity index (χ1) is 13.8. The molecule has 0 radical (unpaired) electrons. The third-order valence-electron chi connectivity index (χ3n) is 3.90. The minimum Gasteiger partial charge on any atom is -0.465 e. The second-order valence-corrected chi connectivity index (χ2v) is 7.25. The molecule has 6 nitrogen and oxygen atoms in total. The van der Waals surface area contributed by atoms with Crippen molar-refractivity contribution in [3.05, 3.63) is 54.4 Å². The van der Waals surface area contributed by atoms with Crippen molar-refractivity contribution < 1.29 is 22.7 Å². The molecular weight excluding hydrogens is 405 g/mol. The number of carbonyl (C=O) groups is 1. The SMILES string of the molecule is CCOC(=O)C(C)Sc1nnc(-c2ccncc2)n1-c1cccc(C(F)(F)F)c1. The third kappa shape index (κ3) is 4.76. The highest BCUT2D eigenvalue weighted by atomic mass is 32.2. The van der Waals surface area contributed by atoms with Crippen LogP contribution in [0.3, 0.4) is 0 Å². The first kappa shape index (κ1) is 20.8. The summed E-state index contributed by atoms with van der Waals surface area (Å²) in [7, 11) is 0. The van der Waals surface area contributed by atoms with Crippen LogP contribution in [0, 0.1) is 0 Å². The fourth-order valence-electron chi connectivity index (χ4n) is 2.55. The van der Waals surface area contributed by atoms with Gasteiger partial charge in [0.1, 0.15) is 5.25 Å². The van der Waals surface area contributed by atoms with Crippen molar-refractivity contribution in [1.82, 2.24) is 19.7 Å². The Balaban J connectivity index is 2.10. The summed E-state index contributed by atoms with van der Waals surface area (Å²) in [5.74, 6) is -0.105. The molecule has 0 saturated heterocycles. The van der Waals surface area contributed by atoms with Crippen molar-refractivity contribution in [3.8, 4) is 17.1 Å². The first-order valence-corrected chi connectivity index (χ1v) is 9.56. The molecule has 3 rings (SSSR count). The molecule has 0 aliphatic rings. The minimum absolute atomic E-state index is 0.228. The fourth-order valence-corrected chi connectivity index (χ4v) is 3.42. The number of nitrogens with zero attached hydrogens (tertiary/aromatic N) is 4. The van der Waals surface area contributed by atoms with Crippen molar-refractivity contribution in [2.24, 2.45) is 0 Å². The lowest BCUT2D eigenvalue weighted by Gasteiger charge is -2.14. The number of esters is 1. The highest BCUT2D eigenvalue weighted by Gasteiger charge is 2.31. The van der Waals surface area contributed by atoms with Gasteiger partial charge in [0.25, 0.3) is 0 Å². The van der Waals surface area contributed by atoms with Crippen molar-refractivity contribution >= 4 is 17.7 Å². The standard InChI is InChI=1S/C19H17F3N4O2S/c1-3-28-17(27)12(2)29-18-25-24-16(13-7-9-23-10-8-13)26(18)15-6-4-5-14(11-15)19(20,21)22/h4-12H,3H2,1-2H3. The molecule has 2 aromatic heterocycles. The van der Waals surface area contributed by atoms with E-state index >= 15 is 0 Å². The molecule has 3 aromatic rings. The van der Waals surface area contributed by atoms with E-state index in [0.717, 1.165) is 23.9 Å². The lowest BCUT2D eigenvalue weighted by molar-refractivity contribution is -0.142. The molecule has 0 spiro atoms. The van der Waals surface area contributed by atoms with Crippen LogP contribution < -0.4 is 0 Å². The molecule has 0 bridgehead atoms. The van der Waals surface area contributed by atoms with Crippen LogP contribution >= 0.6 is 11.8 Å². The highest BCUT2D eigenvalue weighted by molar-refractivity contribution is 8.00. The van der Waals surface area contributed by atoms with Gasteiger partial charge in [-0.05, 0) is 44.2 Å². The summed E-state index contributed by atoms with van der Waals surface area (Å²) in [6.07, 6.45) is -1.39. The topological polar surface area (TPSA) is 69.9 Å². The van der Waals surface area contributed by atoms with Gasteiger partial charge in [0.2, 0.25) is 0 Å². The van der Waals surface area contributed by atoms with E-state index in [9.17, 15) is 18.0 Å². The fraction of sp³-hybridized carbons (Fsp3) is 0.263. The van der Waals surface area contributed by atoms with Crippen LogP contribution in [-0.2, 0) is 15.7 Å². The zero-order valence-corrected chi connectivity index (χ0v) is 16.4. The molecule has 2 heterocycles. The zero-order valence-electron chi connectivity index (χ0n) is 15.6. The second-order valence-electron chi connectivity index (χ2n) is 5.94. The number of rotatable bonds is 6. The monoisotopic (exact) mass is 422 g/mol. The number of benzene rings is 1. The molecule has 29 heavy (non-hydrogen) atoms. The number of thioether (sulfide) groups is 1. The highest BCUT2D eigenvalue weighted by Crippen LogP contribution is 2.34. The Hall–Kier alpha value is -2.88. The normalized spacial score (nSPS) is 12.6. The quantitative estimate of drug-likeness (QED) is 0.433. The summed E-state index contributed by atoms with van der Waals surface area (Å²) >= 11 is 1.06. The van der Waals surface area contributed by atoms with Gasteiger partial charge >= 0.3 is 12.1 Å². The smallest absolute Gasteiger partial charge is 0.416 e. The molecule has 0 amide bonds. The second kappa shape index (κ2) is 8.64. The van der Waals surface area contributed by atoms with Crippen LogP contribution in [0.15, 0.2) is 53.9 Å². The Labute approximate surface area is 169 Å². The van der Waals surface area contributed by atoms with Crippen molar-refractivity contribution in [1.29, 1.82) is 0 Å². The first-order valence-electron chi connectivity index (χ1n) is 8.68. The number of alkyl halides is 3. The van der Waals surface area contributed by atoms with Gasteiger partial charge in [0.05, 0.1) is 17.9 Å². The molecule has 0 aliphatic carbocycles. The lowest BCUT2D eigenvalue weighted by Crippen LogP contribution is -2.17. The lowest BCUT2D eigenvalue weighted by atomic mass is 10.2. The largest absolute Gasteiger partial charge is 0.465 e. The molecule has 1 aromatic carbocycles. The minimum atomic E-state index is -4.49. The number of hydrogen-bond donors (Lipinski definition) is 0. The zero-order chi connectivity index (χ0) is 21.0.